The average Bonchev–Trinajstić information content (AvgIpc) is 2.66. The average molecular weight is 417 g/mol. The molecular formula is C21H21F2N3O4. The number of rotatable bonds is 9. The van der Waals surface area contributed by atoms with E-state index < -0.39 is 35.5 Å². The van der Waals surface area contributed by atoms with Gasteiger partial charge in [-0.05, 0) is 47.9 Å². The first-order valence-corrected chi connectivity index (χ1v) is 9.19. The number of pyridine rings is 1. The number of hydrogen-bond donors (Lipinski definition) is 3. The molecule has 1 aromatic carbocycles. The SMILES string of the molecule is CCCC(NC(=O)Cc1cc(F)cc(F)c1)C(=O)Nc1ccc(C=CC(=O)O)cn1. The monoisotopic (exact) mass is 417 g/mol. The quantitative estimate of drug-likeness (QED) is 0.544. The normalized spacial score (nSPS) is 11.8. The Morgan fingerprint density at radius 1 is 1.17 bits per heavy atom. The summed E-state index contributed by atoms with van der Waals surface area (Å²) < 4.78 is 26.5. The number of benzene rings is 1. The van der Waals surface area contributed by atoms with Crippen molar-refractivity contribution in [1.82, 2.24) is 10.3 Å². The zero-order valence-electron chi connectivity index (χ0n) is 16.2. The fourth-order valence-corrected chi connectivity index (χ4v) is 2.66. The summed E-state index contributed by atoms with van der Waals surface area (Å²) in [6, 6.07) is 5.05. The van der Waals surface area contributed by atoms with Crippen LogP contribution in [-0.4, -0.2) is 33.9 Å². The Morgan fingerprint density at radius 3 is 2.43 bits per heavy atom. The van der Waals surface area contributed by atoms with Crippen LogP contribution in [0.1, 0.15) is 30.9 Å². The molecule has 7 nitrogen and oxygen atoms in total. The van der Waals surface area contributed by atoms with Crippen LogP contribution in [0, 0.1) is 11.6 Å². The number of halogens is 2. The van der Waals surface area contributed by atoms with Crippen molar-refractivity contribution in [3.05, 3.63) is 65.4 Å². The number of carboxylic acids is 1. The highest BCUT2D eigenvalue weighted by Crippen LogP contribution is 2.11. The number of nitrogens with zero attached hydrogens (tertiary/aromatic N) is 1. The molecule has 1 unspecified atom stereocenters. The van der Waals surface area contributed by atoms with Gasteiger partial charge in [-0.25, -0.2) is 18.6 Å². The molecule has 0 aliphatic heterocycles. The predicted octanol–water partition coefficient (Wildman–Crippen LogP) is 2.92. The van der Waals surface area contributed by atoms with Crippen molar-refractivity contribution in [2.24, 2.45) is 0 Å². The number of aromatic nitrogens is 1. The fraction of sp³-hybridized carbons (Fsp3) is 0.238. The summed E-state index contributed by atoms with van der Waals surface area (Å²) in [7, 11) is 0. The molecule has 1 atom stereocenters. The van der Waals surface area contributed by atoms with E-state index in [0.717, 1.165) is 18.2 Å². The Bertz CT molecular complexity index is 926. The molecule has 0 aliphatic carbocycles. The van der Waals surface area contributed by atoms with E-state index in [1.54, 1.807) is 6.07 Å². The molecule has 0 bridgehead atoms. The van der Waals surface area contributed by atoms with E-state index in [1.165, 1.54) is 18.3 Å². The lowest BCUT2D eigenvalue weighted by molar-refractivity contribution is -0.131. The van der Waals surface area contributed by atoms with Gasteiger partial charge < -0.3 is 15.7 Å². The van der Waals surface area contributed by atoms with Crippen molar-refractivity contribution < 1.29 is 28.3 Å². The number of nitrogens with one attached hydrogen (secondary N) is 2. The molecule has 0 saturated heterocycles. The van der Waals surface area contributed by atoms with Crippen molar-refractivity contribution in [3.63, 3.8) is 0 Å². The number of carbonyl (C=O) groups is 3. The van der Waals surface area contributed by atoms with E-state index in [4.69, 9.17) is 5.11 Å². The summed E-state index contributed by atoms with van der Waals surface area (Å²) in [5, 5.41) is 13.8. The molecule has 9 heteroatoms. The van der Waals surface area contributed by atoms with E-state index >= 15 is 0 Å². The van der Waals surface area contributed by atoms with Crippen LogP contribution in [0.5, 0.6) is 0 Å². The minimum atomic E-state index is -1.09. The maximum atomic E-state index is 13.3. The van der Waals surface area contributed by atoms with Crippen molar-refractivity contribution >= 4 is 29.7 Å². The zero-order valence-corrected chi connectivity index (χ0v) is 16.2. The smallest absolute Gasteiger partial charge is 0.328 e. The first-order chi connectivity index (χ1) is 14.3. The Balaban J connectivity index is 1.99. The van der Waals surface area contributed by atoms with Crippen molar-refractivity contribution in [3.8, 4) is 0 Å². The van der Waals surface area contributed by atoms with Gasteiger partial charge >= 0.3 is 5.97 Å². The summed E-state index contributed by atoms with van der Waals surface area (Å²) in [6.07, 6.45) is 4.41. The molecule has 2 rings (SSSR count). The zero-order chi connectivity index (χ0) is 22.1. The molecular weight excluding hydrogens is 396 g/mol. The molecule has 0 aliphatic rings. The third-order valence-corrected chi connectivity index (χ3v) is 3.97. The second-order valence-electron chi connectivity index (χ2n) is 6.50. The van der Waals surface area contributed by atoms with Gasteiger partial charge in [-0.1, -0.05) is 13.3 Å². The van der Waals surface area contributed by atoms with E-state index in [0.29, 0.717) is 24.5 Å². The van der Waals surface area contributed by atoms with Crippen LogP contribution in [0.4, 0.5) is 14.6 Å². The van der Waals surface area contributed by atoms with E-state index in [-0.39, 0.29) is 17.8 Å². The third-order valence-electron chi connectivity index (χ3n) is 3.97. The highest BCUT2D eigenvalue weighted by molar-refractivity contribution is 5.96. The molecule has 0 radical (unpaired) electrons. The van der Waals surface area contributed by atoms with Gasteiger partial charge in [0.05, 0.1) is 6.42 Å². The van der Waals surface area contributed by atoms with Gasteiger partial charge in [0.25, 0.3) is 0 Å². The number of anilines is 1. The van der Waals surface area contributed by atoms with Crippen LogP contribution in [0.3, 0.4) is 0 Å². The predicted molar refractivity (Wildman–Crippen MR) is 106 cm³/mol. The molecule has 30 heavy (non-hydrogen) atoms. The lowest BCUT2D eigenvalue weighted by Crippen LogP contribution is -2.44. The third kappa shape index (κ3) is 7.42. The minimum Gasteiger partial charge on any atom is -0.478 e. The van der Waals surface area contributed by atoms with E-state index in [2.05, 4.69) is 15.6 Å². The Hall–Kier alpha value is -3.62. The van der Waals surface area contributed by atoms with Gasteiger partial charge in [0.2, 0.25) is 11.8 Å². The summed E-state index contributed by atoms with van der Waals surface area (Å²) in [6.45, 7) is 1.84. The molecule has 0 saturated carbocycles. The number of amides is 2. The number of hydrogen-bond acceptors (Lipinski definition) is 4. The van der Waals surface area contributed by atoms with Gasteiger partial charge in [0, 0.05) is 18.3 Å². The Labute approximate surface area is 171 Å². The summed E-state index contributed by atoms with van der Waals surface area (Å²) >= 11 is 0. The van der Waals surface area contributed by atoms with Crippen molar-refractivity contribution in [2.75, 3.05) is 5.32 Å². The van der Waals surface area contributed by atoms with Gasteiger partial charge in [-0.15, -0.1) is 0 Å². The first-order valence-electron chi connectivity index (χ1n) is 9.19. The van der Waals surface area contributed by atoms with E-state index in [1.807, 2.05) is 6.92 Å². The highest BCUT2D eigenvalue weighted by atomic mass is 19.1. The van der Waals surface area contributed by atoms with Gasteiger partial charge in [0.15, 0.2) is 0 Å². The highest BCUT2D eigenvalue weighted by Gasteiger charge is 2.20. The van der Waals surface area contributed by atoms with Crippen LogP contribution < -0.4 is 10.6 Å². The first kappa shape index (κ1) is 22.7. The number of carbonyl (C=O) groups excluding carboxylic acids is 2. The number of aliphatic carboxylic acids is 1. The lowest BCUT2D eigenvalue weighted by Gasteiger charge is -2.17. The van der Waals surface area contributed by atoms with Crippen LogP contribution in [0.2, 0.25) is 0 Å². The molecule has 3 N–H and O–H groups in total. The molecule has 158 valence electrons. The van der Waals surface area contributed by atoms with Crippen molar-refractivity contribution in [2.45, 2.75) is 32.2 Å². The number of carboxylic acid groups (broad SMARTS) is 1. The van der Waals surface area contributed by atoms with Crippen LogP contribution >= 0.6 is 0 Å². The molecule has 0 fully saturated rings. The molecule has 2 amide bonds. The summed E-state index contributed by atoms with van der Waals surface area (Å²) in [4.78, 5) is 39.3. The standard InChI is InChI=1S/C21H21F2N3O4/c1-2-3-17(25-19(27)10-14-8-15(22)11-16(23)9-14)21(30)26-18-6-4-13(12-24-18)5-7-20(28)29/h4-9,11-12,17H,2-3,10H2,1H3,(H,25,27)(H,28,29)(H,24,26,30). The molecule has 2 aromatic rings. The molecule has 1 aromatic heterocycles. The molecule has 1 heterocycles. The van der Waals surface area contributed by atoms with Crippen molar-refractivity contribution in [1.29, 1.82) is 0 Å². The van der Waals surface area contributed by atoms with Gasteiger partial charge in [-0.3, -0.25) is 9.59 Å². The Kier molecular flexibility index (Phi) is 8.16. The fourth-order valence-electron chi connectivity index (χ4n) is 2.66. The summed E-state index contributed by atoms with van der Waals surface area (Å²) in [5.41, 5.74) is 0.698. The summed E-state index contributed by atoms with van der Waals surface area (Å²) in [5.74, 6) is -3.46. The van der Waals surface area contributed by atoms with E-state index in [9.17, 15) is 23.2 Å². The second kappa shape index (κ2) is 10.8. The van der Waals surface area contributed by atoms with Crippen LogP contribution in [-0.2, 0) is 20.8 Å². The Morgan fingerprint density at radius 2 is 1.87 bits per heavy atom. The second-order valence-corrected chi connectivity index (χ2v) is 6.50. The largest absolute Gasteiger partial charge is 0.478 e. The topological polar surface area (TPSA) is 108 Å². The van der Waals surface area contributed by atoms with Gasteiger partial charge in [0.1, 0.15) is 23.5 Å². The maximum Gasteiger partial charge on any atom is 0.328 e. The van der Waals surface area contributed by atoms with Gasteiger partial charge in [-0.2, -0.15) is 0 Å². The van der Waals surface area contributed by atoms with Crippen LogP contribution in [0.25, 0.3) is 6.08 Å². The minimum absolute atomic E-state index is 0.160. The maximum absolute atomic E-state index is 13.3. The lowest BCUT2D eigenvalue weighted by atomic mass is 10.1. The van der Waals surface area contributed by atoms with Crippen LogP contribution in [0.15, 0.2) is 42.6 Å². The molecule has 0 spiro atoms.